The van der Waals surface area contributed by atoms with E-state index in [0.29, 0.717) is 12.1 Å². The molecule has 3 rings (SSSR count). The lowest BCUT2D eigenvalue weighted by atomic mass is 10.1. The maximum absolute atomic E-state index is 12.4. The Morgan fingerprint density at radius 1 is 1.28 bits per heavy atom. The summed E-state index contributed by atoms with van der Waals surface area (Å²) in [6.45, 7) is 1.42. The van der Waals surface area contributed by atoms with Gasteiger partial charge in [0, 0.05) is 6.54 Å². The molecule has 1 N–H and O–H groups in total. The molecule has 0 radical (unpaired) electrons. The van der Waals surface area contributed by atoms with Crippen molar-refractivity contribution in [2.24, 2.45) is 0 Å². The van der Waals surface area contributed by atoms with Crippen molar-refractivity contribution in [3.05, 3.63) is 29.8 Å². The summed E-state index contributed by atoms with van der Waals surface area (Å²) in [5.41, 5.74) is 0.295. The zero-order chi connectivity index (χ0) is 12.8. The molecule has 18 heavy (non-hydrogen) atoms. The van der Waals surface area contributed by atoms with Crippen LogP contribution in [0.4, 0.5) is 0 Å². The van der Waals surface area contributed by atoms with E-state index in [9.17, 15) is 13.2 Å². The second-order valence-corrected chi connectivity index (χ2v) is 6.39. The fourth-order valence-electron chi connectivity index (χ4n) is 2.60. The van der Waals surface area contributed by atoms with Crippen LogP contribution in [0.25, 0.3) is 0 Å². The van der Waals surface area contributed by atoms with E-state index in [0.717, 1.165) is 23.7 Å². The minimum Gasteiger partial charge on any atom is -0.315 e. The lowest BCUT2D eigenvalue weighted by Crippen LogP contribution is -2.48. The van der Waals surface area contributed by atoms with Gasteiger partial charge < -0.3 is 5.32 Å². The van der Waals surface area contributed by atoms with Crippen LogP contribution in [0.2, 0.25) is 0 Å². The number of piperidine rings is 1. The summed E-state index contributed by atoms with van der Waals surface area (Å²) in [5.74, 6) is -0.390. The summed E-state index contributed by atoms with van der Waals surface area (Å²) in [6.07, 6.45) is 1.62. The van der Waals surface area contributed by atoms with E-state index < -0.39 is 10.0 Å². The average molecular weight is 266 g/mol. The van der Waals surface area contributed by atoms with Crippen LogP contribution in [0, 0.1) is 0 Å². The van der Waals surface area contributed by atoms with Crippen molar-refractivity contribution in [2.45, 2.75) is 23.8 Å². The summed E-state index contributed by atoms with van der Waals surface area (Å²) in [7, 11) is -3.65. The summed E-state index contributed by atoms with van der Waals surface area (Å²) in [5, 5.41) is 3.14. The number of nitrogens with zero attached hydrogens (tertiary/aromatic N) is 1. The van der Waals surface area contributed by atoms with E-state index in [2.05, 4.69) is 5.32 Å². The van der Waals surface area contributed by atoms with E-state index in [1.165, 1.54) is 6.07 Å². The van der Waals surface area contributed by atoms with E-state index in [1.807, 2.05) is 0 Å². The Hall–Kier alpha value is -1.40. The topological polar surface area (TPSA) is 66.5 Å². The van der Waals surface area contributed by atoms with Gasteiger partial charge in [-0.15, -0.1) is 0 Å². The predicted octanol–water partition coefficient (Wildman–Crippen LogP) is 0.583. The summed E-state index contributed by atoms with van der Waals surface area (Å²) >= 11 is 0. The van der Waals surface area contributed by atoms with Crippen LogP contribution in [0.3, 0.4) is 0 Å². The van der Waals surface area contributed by atoms with Gasteiger partial charge in [-0.05, 0) is 31.5 Å². The van der Waals surface area contributed by atoms with Crippen molar-refractivity contribution < 1.29 is 13.2 Å². The molecule has 0 spiro atoms. The molecule has 0 aromatic heterocycles. The number of nitrogens with one attached hydrogen (secondary N) is 1. The van der Waals surface area contributed by atoms with Gasteiger partial charge in [0.05, 0.1) is 11.6 Å². The molecule has 0 aliphatic carbocycles. The first-order chi connectivity index (χ1) is 8.62. The monoisotopic (exact) mass is 266 g/mol. The highest BCUT2D eigenvalue weighted by atomic mass is 32.2. The number of hydrogen-bond acceptors (Lipinski definition) is 4. The van der Waals surface area contributed by atoms with Gasteiger partial charge in [-0.1, -0.05) is 12.1 Å². The smallest absolute Gasteiger partial charge is 0.269 e. The maximum atomic E-state index is 12.4. The third-order valence-corrected chi connectivity index (χ3v) is 5.35. The van der Waals surface area contributed by atoms with E-state index in [4.69, 9.17) is 0 Å². The number of fused-ring (bicyclic) bond motifs is 1. The lowest BCUT2D eigenvalue weighted by Gasteiger charge is -2.30. The molecular weight excluding hydrogens is 252 g/mol. The van der Waals surface area contributed by atoms with Gasteiger partial charge in [-0.2, -0.15) is 0 Å². The molecule has 2 aliphatic heterocycles. The number of benzene rings is 1. The number of sulfonamides is 1. The fourth-order valence-corrected chi connectivity index (χ4v) is 4.38. The molecule has 1 saturated heterocycles. The third-order valence-electron chi connectivity index (χ3n) is 3.46. The van der Waals surface area contributed by atoms with Crippen molar-refractivity contribution in [3.8, 4) is 0 Å². The molecule has 0 bridgehead atoms. The van der Waals surface area contributed by atoms with Crippen LogP contribution >= 0.6 is 0 Å². The zero-order valence-corrected chi connectivity index (χ0v) is 10.6. The van der Waals surface area contributed by atoms with Gasteiger partial charge in [0.15, 0.2) is 0 Å². The average Bonchev–Trinajstić information content (AvgIpc) is 2.59. The number of amides is 1. The number of rotatable bonds is 1. The van der Waals surface area contributed by atoms with Crippen LogP contribution in [-0.2, 0) is 10.0 Å². The largest absolute Gasteiger partial charge is 0.315 e. The zero-order valence-electron chi connectivity index (χ0n) is 9.80. The van der Waals surface area contributed by atoms with E-state index in [-0.39, 0.29) is 16.8 Å². The molecular formula is C12H14N2O3S. The Bertz CT molecular complexity index is 591. The van der Waals surface area contributed by atoms with Gasteiger partial charge in [0.25, 0.3) is 15.9 Å². The molecule has 1 amide bonds. The fraction of sp³-hybridized carbons (Fsp3) is 0.417. The van der Waals surface area contributed by atoms with Crippen molar-refractivity contribution in [2.75, 3.05) is 13.1 Å². The minimum atomic E-state index is -3.65. The first-order valence-corrected chi connectivity index (χ1v) is 7.45. The molecule has 1 unspecified atom stereocenters. The van der Waals surface area contributed by atoms with Crippen LogP contribution < -0.4 is 5.32 Å². The highest BCUT2D eigenvalue weighted by Gasteiger charge is 2.44. The quantitative estimate of drug-likeness (QED) is 0.807. The van der Waals surface area contributed by atoms with Gasteiger partial charge in [0.1, 0.15) is 4.90 Å². The summed E-state index contributed by atoms with van der Waals surface area (Å²) in [4.78, 5) is 12.4. The normalized spacial score (nSPS) is 26.1. The Morgan fingerprint density at radius 2 is 2.06 bits per heavy atom. The first kappa shape index (κ1) is 11.7. The minimum absolute atomic E-state index is 0.139. The molecule has 1 atom stereocenters. The second-order valence-electron chi connectivity index (χ2n) is 4.60. The number of carbonyl (C=O) groups is 1. The molecule has 5 nitrogen and oxygen atoms in total. The molecule has 1 aromatic rings. The van der Waals surface area contributed by atoms with Gasteiger partial charge >= 0.3 is 0 Å². The van der Waals surface area contributed by atoms with Gasteiger partial charge in [-0.3, -0.25) is 4.79 Å². The third kappa shape index (κ3) is 1.56. The molecule has 2 aliphatic rings. The Morgan fingerprint density at radius 3 is 2.72 bits per heavy atom. The molecule has 2 heterocycles. The highest BCUT2D eigenvalue weighted by molar-refractivity contribution is 7.90. The molecule has 0 saturated carbocycles. The van der Waals surface area contributed by atoms with Crippen molar-refractivity contribution in [1.82, 2.24) is 9.62 Å². The van der Waals surface area contributed by atoms with Crippen LogP contribution in [0.1, 0.15) is 23.2 Å². The van der Waals surface area contributed by atoms with E-state index in [1.54, 1.807) is 18.2 Å². The highest BCUT2D eigenvalue weighted by Crippen LogP contribution is 2.32. The second kappa shape index (κ2) is 4.07. The first-order valence-electron chi connectivity index (χ1n) is 6.01. The number of carbonyl (C=O) groups excluding carboxylic acids is 1. The molecule has 6 heteroatoms. The van der Waals surface area contributed by atoms with Crippen molar-refractivity contribution in [1.29, 1.82) is 0 Å². The van der Waals surface area contributed by atoms with Crippen LogP contribution in [0.5, 0.6) is 0 Å². The van der Waals surface area contributed by atoms with Crippen LogP contribution in [-0.4, -0.2) is 37.8 Å². The lowest BCUT2D eigenvalue weighted by molar-refractivity contribution is 0.0817. The summed E-state index contributed by atoms with van der Waals surface area (Å²) < 4.78 is 25.8. The van der Waals surface area contributed by atoms with Gasteiger partial charge in [0.2, 0.25) is 0 Å². The van der Waals surface area contributed by atoms with E-state index >= 15 is 0 Å². The standard InChI is InChI=1S/C12H14N2O3S/c15-12-10-5-1-2-6-11(10)18(16,17)14(12)9-4-3-7-13-8-9/h1-2,5-6,9,13H,3-4,7-8H2. The Kier molecular flexibility index (Phi) is 2.64. The Balaban J connectivity index is 2.06. The summed E-state index contributed by atoms with van der Waals surface area (Å²) in [6, 6.07) is 6.15. The predicted molar refractivity (Wildman–Crippen MR) is 65.7 cm³/mol. The maximum Gasteiger partial charge on any atom is 0.269 e. The Labute approximate surface area is 106 Å². The van der Waals surface area contributed by atoms with Crippen molar-refractivity contribution >= 4 is 15.9 Å². The molecule has 96 valence electrons. The van der Waals surface area contributed by atoms with Gasteiger partial charge in [-0.25, -0.2) is 12.7 Å². The molecule has 1 fully saturated rings. The van der Waals surface area contributed by atoms with Crippen molar-refractivity contribution in [3.63, 3.8) is 0 Å². The SMILES string of the molecule is O=C1c2ccccc2S(=O)(=O)N1C1CCCNC1. The number of hydrogen-bond donors (Lipinski definition) is 1. The van der Waals surface area contributed by atoms with Crippen LogP contribution in [0.15, 0.2) is 29.2 Å². The molecule has 1 aromatic carbocycles.